The number of rotatable bonds is 4. The van der Waals surface area contributed by atoms with Gasteiger partial charge < -0.3 is 10.5 Å². The van der Waals surface area contributed by atoms with Gasteiger partial charge in [-0.1, -0.05) is 43.3 Å². The first-order valence-corrected chi connectivity index (χ1v) is 6.03. The van der Waals surface area contributed by atoms with Crippen LogP contribution in [0.1, 0.15) is 24.9 Å². The van der Waals surface area contributed by atoms with Crippen molar-refractivity contribution in [3.05, 3.63) is 48.0 Å². The fourth-order valence-electron chi connectivity index (χ4n) is 2.20. The molecule has 0 saturated heterocycles. The minimum atomic E-state index is -0.0605. The summed E-state index contributed by atoms with van der Waals surface area (Å²) >= 11 is 0. The predicted octanol–water partition coefficient (Wildman–Crippen LogP) is 3.26. The van der Waals surface area contributed by atoms with Gasteiger partial charge in [0, 0.05) is 7.11 Å². The average molecular weight is 229 g/mol. The Morgan fingerprint density at radius 1 is 1.12 bits per heavy atom. The molecular formula is C15H19NO. The molecule has 0 bridgehead atoms. The van der Waals surface area contributed by atoms with Crippen LogP contribution in [0, 0.1) is 0 Å². The third kappa shape index (κ3) is 2.48. The summed E-state index contributed by atoms with van der Waals surface area (Å²) in [5, 5.41) is 2.47. The second kappa shape index (κ2) is 5.30. The van der Waals surface area contributed by atoms with Crippen molar-refractivity contribution >= 4 is 10.8 Å². The zero-order chi connectivity index (χ0) is 12.3. The maximum atomic E-state index is 6.23. The van der Waals surface area contributed by atoms with Crippen LogP contribution in [0.3, 0.4) is 0 Å². The van der Waals surface area contributed by atoms with E-state index in [-0.39, 0.29) is 12.1 Å². The van der Waals surface area contributed by atoms with E-state index in [9.17, 15) is 0 Å². The Kier molecular flexibility index (Phi) is 3.77. The highest BCUT2D eigenvalue weighted by Gasteiger charge is 2.17. The highest BCUT2D eigenvalue weighted by molar-refractivity contribution is 5.83. The van der Waals surface area contributed by atoms with E-state index >= 15 is 0 Å². The molecule has 0 aliphatic carbocycles. The minimum Gasteiger partial charge on any atom is -0.379 e. The number of fused-ring (bicyclic) bond motifs is 1. The largest absolute Gasteiger partial charge is 0.379 e. The Balaban J connectivity index is 2.35. The van der Waals surface area contributed by atoms with Crippen LogP contribution >= 0.6 is 0 Å². The normalized spacial score (nSPS) is 14.8. The van der Waals surface area contributed by atoms with Crippen molar-refractivity contribution in [2.24, 2.45) is 5.73 Å². The van der Waals surface area contributed by atoms with Gasteiger partial charge in [-0.05, 0) is 28.8 Å². The lowest BCUT2D eigenvalue weighted by molar-refractivity contribution is 0.0772. The molecule has 0 heterocycles. The molecule has 90 valence electrons. The molecule has 2 heteroatoms. The van der Waals surface area contributed by atoms with E-state index in [0.29, 0.717) is 0 Å². The Hall–Kier alpha value is -1.38. The van der Waals surface area contributed by atoms with Crippen molar-refractivity contribution in [2.75, 3.05) is 7.11 Å². The van der Waals surface area contributed by atoms with Gasteiger partial charge in [0.25, 0.3) is 0 Å². The van der Waals surface area contributed by atoms with Gasteiger partial charge in [-0.2, -0.15) is 0 Å². The van der Waals surface area contributed by atoms with Crippen LogP contribution in [0.5, 0.6) is 0 Å². The van der Waals surface area contributed by atoms with Gasteiger partial charge in [-0.25, -0.2) is 0 Å². The van der Waals surface area contributed by atoms with E-state index < -0.39 is 0 Å². The first-order chi connectivity index (χ1) is 8.26. The first-order valence-electron chi connectivity index (χ1n) is 6.03. The molecule has 0 aromatic heterocycles. The number of nitrogens with two attached hydrogens (primary N) is 1. The Morgan fingerprint density at radius 2 is 1.82 bits per heavy atom. The van der Waals surface area contributed by atoms with Gasteiger partial charge >= 0.3 is 0 Å². The third-order valence-corrected chi connectivity index (χ3v) is 3.26. The lowest BCUT2D eigenvalue weighted by Gasteiger charge is -2.21. The van der Waals surface area contributed by atoms with Crippen LogP contribution in [0.15, 0.2) is 42.5 Å². The molecule has 0 fully saturated rings. The average Bonchev–Trinajstić information content (AvgIpc) is 2.39. The quantitative estimate of drug-likeness (QED) is 0.873. The molecule has 2 aromatic rings. The van der Waals surface area contributed by atoms with Crippen molar-refractivity contribution in [1.29, 1.82) is 0 Å². The van der Waals surface area contributed by atoms with Crippen LogP contribution < -0.4 is 5.73 Å². The smallest absolute Gasteiger partial charge is 0.0761 e. The third-order valence-electron chi connectivity index (χ3n) is 3.26. The molecule has 0 aliphatic heterocycles. The summed E-state index contributed by atoms with van der Waals surface area (Å²) in [6.45, 7) is 2.09. The molecule has 0 amide bonds. The number of ether oxygens (including phenoxy) is 1. The molecule has 2 atom stereocenters. The van der Waals surface area contributed by atoms with Crippen LogP contribution in [0.2, 0.25) is 0 Å². The van der Waals surface area contributed by atoms with Gasteiger partial charge in [0.15, 0.2) is 0 Å². The molecule has 2 nitrogen and oxygen atoms in total. The summed E-state index contributed by atoms with van der Waals surface area (Å²) in [5.74, 6) is 0. The van der Waals surface area contributed by atoms with E-state index in [1.807, 2.05) is 12.1 Å². The standard InChI is InChI=1S/C15H19NO/c1-3-14(17-2)15(16)13-9-8-11-6-4-5-7-12(11)10-13/h4-10,14-15H,3,16H2,1-2H3. The lowest BCUT2D eigenvalue weighted by atomic mass is 9.97. The molecule has 0 spiro atoms. The molecule has 17 heavy (non-hydrogen) atoms. The number of hydrogen-bond donors (Lipinski definition) is 1. The number of hydrogen-bond acceptors (Lipinski definition) is 2. The van der Waals surface area contributed by atoms with Crippen molar-refractivity contribution in [3.8, 4) is 0 Å². The maximum Gasteiger partial charge on any atom is 0.0761 e. The Morgan fingerprint density at radius 3 is 2.47 bits per heavy atom. The first kappa shape index (κ1) is 12.1. The predicted molar refractivity (Wildman–Crippen MR) is 72.0 cm³/mol. The van der Waals surface area contributed by atoms with E-state index in [1.54, 1.807) is 7.11 Å². The van der Waals surface area contributed by atoms with Crippen molar-refractivity contribution in [2.45, 2.75) is 25.5 Å². The Bertz CT molecular complexity index is 491. The van der Waals surface area contributed by atoms with E-state index in [1.165, 1.54) is 10.8 Å². The number of methoxy groups -OCH3 is 1. The summed E-state index contributed by atoms with van der Waals surface area (Å²) in [6.07, 6.45) is 1.00. The second-order valence-electron chi connectivity index (χ2n) is 4.31. The topological polar surface area (TPSA) is 35.2 Å². The maximum absolute atomic E-state index is 6.23. The van der Waals surface area contributed by atoms with Gasteiger partial charge in [-0.15, -0.1) is 0 Å². The van der Waals surface area contributed by atoms with Crippen LogP contribution in [0.4, 0.5) is 0 Å². The summed E-state index contributed by atoms with van der Waals surface area (Å²) in [7, 11) is 1.72. The number of benzene rings is 2. The molecular weight excluding hydrogens is 210 g/mol. The highest BCUT2D eigenvalue weighted by atomic mass is 16.5. The minimum absolute atomic E-state index is 0.0605. The molecule has 2 rings (SSSR count). The van der Waals surface area contributed by atoms with Crippen molar-refractivity contribution < 1.29 is 4.74 Å². The Labute approximate surface area is 102 Å². The summed E-state index contributed by atoms with van der Waals surface area (Å²) < 4.78 is 5.40. The summed E-state index contributed by atoms with van der Waals surface area (Å²) in [5.41, 5.74) is 7.36. The van der Waals surface area contributed by atoms with Gasteiger partial charge in [0.05, 0.1) is 12.1 Å². The van der Waals surface area contributed by atoms with Crippen LogP contribution in [-0.4, -0.2) is 13.2 Å². The lowest BCUT2D eigenvalue weighted by Crippen LogP contribution is -2.27. The van der Waals surface area contributed by atoms with E-state index in [2.05, 4.69) is 37.3 Å². The fraction of sp³-hybridized carbons (Fsp3) is 0.333. The van der Waals surface area contributed by atoms with Gasteiger partial charge in [-0.3, -0.25) is 0 Å². The van der Waals surface area contributed by atoms with E-state index in [4.69, 9.17) is 10.5 Å². The molecule has 2 N–H and O–H groups in total. The van der Waals surface area contributed by atoms with Gasteiger partial charge in [0.1, 0.15) is 0 Å². The molecule has 2 unspecified atom stereocenters. The zero-order valence-electron chi connectivity index (χ0n) is 10.4. The van der Waals surface area contributed by atoms with Crippen molar-refractivity contribution in [1.82, 2.24) is 0 Å². The molecule has 2 aromatic carbocycles. The van der Waals surface area contributed by atoms with Crippen LogP contribution in [0.25, 0.3) is 10.8 Å². The fourth-order valence-corrected chi connectivity index (χ4v) is 2.20. The SMILES string of the molecule is CCC(OC)C(N)c1ccc2ccccc2c1. The van der Waals surface area contributed by atoms with E-state index in [0.717, 1.165) is 12.0 Å². The highest BCUT2D eigenvalue weighted by Crippen LogP contribution is 2.23. The summed E-state index contributed by atoms with van der Waals surface area (Å²) in [4.78, 5) is 0. The second-order valence-corrected chi connectivity index (χ2v) is 4.31. The van der Waals surface area contributed by atoms with Crippen LogP contribution in [-0.2, 0) is 4.74 Å². The van der Waals surface area contributed by atoms with Crippen molar-refractivity contribution in [3.63, 3.8) is 0 Å². The molecule has 0 radical (unpaired) electrons. The summed E-state index contributed by atoms with van der Waals surface area (Å²) in [6, 6.07) is 14.6. The zero-order valence-corrected chi connectivity index (χ0v) is 10.4. The van der Waals surface area contributed by atoms with Gasteiger partial charge in [0.2, 0.25) is 0 Å². The molecule has 0 aliphatic rings. The monoisotopic (exact) mass is 229 g/mol. The molecule has 0 saturated carbocycles.